The van der Waals surface area contributed by atoms with Gasteiger partial charge in [0, 0.05) is 5.38 Å². The molecule has 0 aliphatic carbocycles. The first kappa shape index (κ1) is 5.88. The van der Waals surface area contributed by atoms with Gasteiger partial charge in [-0.1, -0.05) is 5.92 Å². The highest BCUT2D eigenvalue weighted by molar-refractivity contribution is 7.10. The lowest BCUT2D eigenvalue weighted by Gasteiger charge is -1.68. The zero-order chi connectivity index (χ0) is 6.69. The summed E-state index contributed by atoms with van der Waals surface area (Å²) in [7, 11) is 0. The highest BCUT2D eigenvalue weighted by Gasteiger charge is 1.92. The minimum Gasteiger partial charge on any atom is -0.192 e. The van der Waals surface area contributed by atoms with Crippen molar-refractivity contribution in [2.24, 2.45) is 0 Å². The molecule has 0 aliphatic rings. The maximum absolute atomic E-state index is 8.33. The normalized spacial score (nSPS) is 7.78. The van der Waals surface area contributed by atoms with Crippen molar-refractivity contribution in [2.75, 3.05) is 0 Å². The first-order valence-electron chi connectivity index (χ1n) is 2.32. The SMILES string of the molecule is C#Cc1cc(C#N)cs1. The summed E-state index contributed by atoms with van der Waals surface area (Å²) in [5.41, 5.74) is 0.646. The van der Waals surface area contributed by atoms with Crippen LogP contribution in [-0.4, -0.2) is 0 Å². The molecule has 0 spiro atoms. The van der Waals surface area contributed by atoms with E-state index in [1.807, 2.05) is 6.07 Å². The van der Waals surface area contributed by atoms with Crippen molar-refractivity contribution < 1.29 is 0 Å². The topological polar surface area (TPSA) is 23.8 Å². The van der Waals surface area contributed by atoms with Crippen LogP contribution in [0, 0.1) is 23.7 Å². The van der Waals surface area contributed by atoms with Gasteiger partial charge < -0.3 is 0 Å². The van der Waals surface area contributed by atoms with Gasteiger partial charge in [-0.05, 0) is 6.07 Å². The fourth-order valence-corrected chi connectivity index (χ4v) is 1.11. The molecule has 42 valence electrons. The van der Waals surface area contributed by atoms with E-state index < -0.39 is 0 Å². The summed E-state index contributed by atoms with van der Waals surface area (Å²) in [5.74, 6) is 2.45. The Morgan fingerprint density at radius 3 is 2.78 bits per heavy atom. The summed E-state index contributed by atoms with van der Waals surface area (Å²) in [6, 6.07) is 3.70. The van der Waals surface area contributed by atoms with E-state index in [-0.39, 0.29) is 0 Å². The van der Waals surface area contributed by atoms with E-state index in [4.69, 9.17) is 11.7 Å². The van der Waals surface area contributed by atoms with Gasteiger partial charge in [-0.3, -0.25) is 0 Å². The number of nitriles is 1. The molecule has 0 aromatic carbocycles. The molecule has 0 aliphatic heterocycles. The average molecular weight is 133 g/mol. The molecular formula is C7H3NS. The minimum absolute atomic E-state index is 0.646. The van der Waals surface area contributed by atoms with E-state index in [9.17, 15) is 0 Å². The van der Waals surface area contributed by atoms with Crippen molar-refractivity contribution in [1.82, 2.24) is 0 Å². The number of hydrogen-bond donors (Lipinski definition) is 0. The Hall–Kier alpha value is -1.25. The first-order valence-corrected chi connectivity index (χ1v) is 3.20. The summed E-state index contributed by atoms with van der Waals surface area (Å²) in [5, 5.41) is 10.1. The smallest absolute Gasteiger partial charge is 0.100 e. The summed E-state index contributed by atoms with van der Waals surface area (Å²) in [6.07, 6.45) is 5.07. The minimum atomic E-state index is 0.646. The maximum Gasteiger partial charge on any atom is 0.100 e. The summed E-state index contributed by atoms with van der Waals surface area (Å²) in [6.45, 7) is 0. The Balaban J connectivity index is 3.08. The molecule has 1 aromatic rings. The molecule has 1 rings (SSSR count). The van der Waals surface area contributed by atoms with Crippen LogP contribution in [0.4, 0.5) is 0 Å². The van der Waals surface area contributed by atoms with Gasteiger partial charge in [0.2, 0.25) is 0 Å². The van der Waals surface area contributed by atoms with Gasteiger partial charge in [0.15, 0.2) is 0 Å². The number of thiophene rings is 1. The highest BCUT2D eigenvalue weighted by atomic mass is 32.1. The van der Waals surface area contributed by atoms with Crippen LogP contribution in [-0.2, 0) is 0 Å². The Bertz CT molecular complexity index is 256. The fourth-order valence-electron chi connectivity index (χ4n) is 0.471. The lowest BCUT2D eigenvalue weighted by atomic mass is 10.3. The summed E-state index contributed by atoms with van der Waals surface area (Å²) < 4.78 is 0. The summed E-state index contributed by atoms with van der Waals surface area (Å²) in [4.78, 5) is 0.812. The van der Waals surface area contributed by atoms with Crippen molar-refractivity contribution in [1.29, 1.82) is 5.26 Å². The molecule has 0 saturated heterocycles. The van der Waals surface area contributed by atoms with Gasteiger partial charge in [0.25, 0.3) is 0 Å². The molecule has 0 radical (unpaired) electrons. The monoisotopic (exact) mass is 133 g/mol. The molecule has 1 heterocycles. The zero-order valence-corrected chi connectivity index (χ0v) is 5.40. The van der Waals surface area contributed by atoms with Crippen LogP contribution >= 0.6 is 11.3 Å². The van der Waals surface area contributed by atoms with Crippen molar-refractivity contribution in [3.8, 4) is 18.4 Å². The second-order valence-corrected chi connectivity index (χ2v) is 2.37. The van der Waals surface area contributed by atoms with Gasteiger partial charge in [0.1, 0.15) is 6.07 Å². The van der Waals surface area contributed by atoms with E-state index in [1.165, 1.54) is 11.3 Å². The van der Waals surface area contributed by atoms with Crippen LogP contribution in [0.15, 0.2) is 11.4 Å². The second-order valence-electron chi connectivity index (χ2n) is 1.46. The zero-order valence-electron chi connectivity index (χ0n) is 4.59. The van der Waals surface area contributed by atoms with E-state index in [1.54, 1.807) is 11.4 Å². The molecule has 9 heavy (non-hydrogen) atoms. The van der Waals surface area contributed by atoms with E-state index >= 15 is 0 Å². The predicted octanol–water partition coefficient (Wildman–Crippen LogP) is 1.60. The molecule has 1 nitrogen and oxygen atoms in total. The van der Waals surface area contributed by atoms with Crippen LogP contribution < -0.4 is 0 Å². The average Bonchev–Trinajstić information content (AvgIpc) is 2.34. The lowest BCUT2D eigenvalue weighted by Crippen LogP contribution is -1.59. The standard InChI is InChI=1S/C7H3NS/c1-2-7-3-6(4-8)5-9-7/h1,3,5H. The van der Waals surface area contributed by atoms with Crippen molar-refractivity contribution in [2.45, 2.75) is 0 Å². The first-order chi connectivity index (χ1) is 4.36. The molecule has 1 aromatic heterocycles. The maximum atomic E-state index is 8.33. The van der Waals surface area contributed by atoms with Crippen molar-refractivity contribution in [3.63, 3.8) is 0 Å². The van der Waals surface area contributed by atoms with Gasteiger partial charge >= 0.3 is 0 Å². The van der Waals surface area contributed by atoms with Gasteiger partial charge in [-0.15, -0.1) is 17.8 Å². The number of hydrogen-bond acceptors (Lipinski definition) is 2. The number of terminal acetylenes is 1. The van der Waals surface area contributed by atoms with E-state index in [0.717, 1.165) is 4.88 Å². The van der Waals surface area contributed by atoms with Gasteiger partial charge in [-0.25, -0.2) is 0 Å². The molecule has 0 amide bonds. The Kier molecular flexibility index (Phi) is 1.53. The molecule has 0 saturated carbocycles. The molecule has 2 heteroatoms. The van der Waals surface area contributed by atoms with Crippen LogP contribution in [0.1, 0.15) is 10.4 Å². The molecule has 0 unspecified atom stereocenters. The summed E-state index contributed by atoms with van der Waals surface area (Å²) >= 11 is 1.42. The molecule has 0 bridgehead atoms. The third-order valence-electron chi connectivity index (χ3n) is 0.871. The largest absolute Gasteiger partial charge is 0.192 e. The molecule has 0 fully saturated rings. The third kappa shape index (κ3) is 1.10. The van der Waals surface area contributed by atoms with Gasteiger partial charge in [0.05, 0.1) is 10.4 Å². The van der Waals surface area contributed by atoms with E-state index in [2.05, 4.69) is 5.92 Å². The van der Waals surface area contributed by atoms with Crippen LogP contribution in [0.2, 0.25) is 0 Å². The van der Waals surface area contributed by atoms with Crippen LogP contribution in [0.3, 0.4) is 0 Å². The fraction of sp³-hybridized carbons (Fsp3) is 0. The number of rotatable bonds is 0. The predicted molar refractivity (Wildman–Crippen MR) is 37.0 cm³/mol. The van der Waals surface area contributed by atoms with Crippen molar-refractivity contribution >= 4 is 11.3 Å². The highest BCUT2D eigenvalue weighted by Crippen LogP contribution is 2.11. The molecular weight excluding hydrogens is 130 g/mol. The quantitative estimate of drug-likeness (QED) is 0.493. The van der Waals surface area contributed by atoms with Gasteiger partial charge in [-0.2, -0.15) is 5.26 Å². The molecule has 0 N–H and O–H groups in total. The Labute approximate surface area is 57.6 Å². The Morgan fingerprint density at radius 2 is 2.44 bits per heavy atom. The second kappa shape index (κ2) is 2.35. The number of nitrogens with zero attached hydrogens (tertiary/aromatic N) is 1. The van der Waals surface area contributed by atoms with Crippen LogP contribution in [0.25, 0.3) is 0 Å². The Morgan fingerprint density at radius 1 is 1.67 bits per heavy atom. The van der Waals surface area contributed by atoms with Crippen LogP contribution in [0.5, 0.6) is 0 Å². The van der Waals surface area contributed by atoms with E-state index in [0.29, 0.717) is 5.56 Å². The lowest BCUT2D eigenvalue weighted by molar-refractivity contribution is 1.51. The third-order valence-corrected chi connectivity index (χ3v) is 1.73. The van der Waals surface area contributed by atoms with Crippen molar-refractivity contribution in [3.05, 3.63) is 21.9 Å². The molecule has 0 atom stereocenters.